The van der Waals surface area contributed by atoms with E-state index in [2.05, 4.69) is 0 Å². The van der Waals surface area contributed by atoms with Gasteiger partial charge in [-0.1, -0.05) is 62.1 Å². The van der Waals surface area contributed by atoms with Crippen molar-refractivity contribution in [1.82, 2.24) is 0 Å². The van der Waals surface area contributed by atoms with Gasteiger partial charge in [-0.05, 0) is 69.7 Å². The lowest BCUT2D eigenvalue weighted by molar-refractivity contribution is -0.142. The fourth-order valence-corrected chi connectivity index (χ4v) is 8.87. The van der Waals surface area contributed by atoms with E-state index in [1.807, 2.05) is 27.7 Å². The van der Waals surface area contributed by atoms with E-state index >= 15 is 0 Å². The van der Waals surface area contributed by atoms with Gasteiger partial charge in [-0.2, -0.15) is 0 Å². The third-order valence-electron chi connectivity index (χ3n) is 6.63. The summed E-state index contributed by atoms with van der Waals surface area (Å²) in [7, 11) is -7.02. The number of hydrogen-bond donors (Lipinski definition) is 0. The largest absolute Gasteiger partial charge is 0.464 e. The normalized spacial score (nSPS) is 13.8. The van der Waals surface area contributed by atoms with E-state index in [4.69, 9.17) is 4.74 Å². The molecule has 0 aliphatic heterocycles. The van der Waals surface area contributed by atoms with Crippen molar-refractivity contribution in [1.29, 1.82) is 0 Å². The Morgan fingerprint density at radius 1 is 0.694 bits per heavy atom. The number of benzene rings is 2. The lowest BCUT2D eigenvalue weighted by Gasteiger charge is -2.19. The van der Waals surface area contributed by atoms with Gasteiger partial charge in [-0.15, -0.1) is 0 Å². The zero-order valence-corrected chi connectivity index (χ0v) is 24.5. The fourth-order valence-electron chi connectivity index (χ4n) is 4.73. The van der Waals surface area contributed by atoms with Crippen LogP contribution in [0, 0.1) is 47.5 Å². The van der Waals surface area contributed by atoms with Gasteiger partial charge in [0.15, 0.2) is 21.0 Å². The lowest BCUT2D eigenvalue weighted by Crippen LogP contribution is -2.24. The highest BCUT2D eigenvalue weighted by Crippen LogP contribution is 2.50. The molecule has 196 valence electrons. The molecule has 2 aromatic carbocycles. The first-order valence-electron chi connectivity index (χ1n) is 12.3. The van der Waals surface area contributed by atoms with Crippen molar-refractivity contribution in [3.05, 3.63) is 68.8 Å². The Morgan fingerprint density at radius 3 is 1.33 bits per heavy atom. The smallest absolute Gasteiger partial charge is 0.324 e. The number of rotatable bonds is 11. The van der Waals surface area contributed by atoms with Gasteiger partial charge >= 0.3 is 5.97 Å². The topological polar surface area (TPSA) is 94.6 Å². The summed E-state index contributed by atoms with van der Waals surface area (Å²) < 4.78 is 32.8. The SMILES string of the molecule is CCC(CC)COC(=O)C([PH](=O)C(=O)c1c(C)cc(C)cc1C)[PH](=O)C(=O)c1c(C)cc(C)cc1C. The number of hydrogen-bond acceptors (Lipinski definition) is 6. The van der Waals surface area contributed by atoms with Crippen LogP contribution >= 0.6 is 15.6 Å². The molecule has 0 aromatic heterocycles. The van der Waals surface area contributed by atoms with Crippen LogP contribution in [0.1, 0.15) is 80.8 Å². The lowest BCUT2D eigenvalue weighted by atomic mass is 10.0. The highest BCUT2D eigenvalue weighted by atomic mass is 31.2. The summed E-state index contributed by atoms with van der Waals surface area (Å²) in [6.45, 7) is 14.7. The molecule has 0 fully saturated rings. The van der Waals surface area contributed by atoms with Gasteiger partial charge in [0.1, 0.15) is 0 Å². The zero-order chi connectivity index (χ0) is 27.3. The molecule has 2 rings (SSSR count). The zero-order valence-electron chi connectivity index (χ0n) is 22.5. The van der Waals surface area contributed by atoms with Crippen LogP contribution in [0.2, 0.25) is 0 Å². The minimum atomic E-state index is -3.51. The molecule has 0 radical (unpaired) electrons. The number of ether oxygens (including phenoxy) is 1. The van der Waals surface area contributed by atoms with E-state index < -0.39 is 38.0 Å². The first-order chi connectivity index (χ1) is 16.8. The van der Waals surface area contributed by atoms with Crippen molar-refractivity contribution >= 4 is 32.6 Å². The Kier molecular flexibility index (Phi) is 10.6. The first-order valence-corrected chi connectivity index (χ1v) is 15.3. The molecule has 0 heterocycles. The van der Waals surface area contributed by atoms with E-state index in [0.29, 0.717) is 22.3 Å². The molecule has 2 unspecified atom stereocenters. The predicted octanol–water partition coefficient (Wildman–Crippen LogP) is 6.94. The molecule has 0 saturated heterocycles. The maximum absolute atomic E-state index is 13.7. The summed E-state index contributed by atoms with van der Waals surface area (Å²) >= 11 is 0. The van der Waals surface area contributed by atoms with Crippen molar-refractivity contribution in [2.75, 3.05) is 6.61 Å². The molecule has 0 amide bonds. The fraction of sp³-hybridized carbons (Fsp3) is 0.464. The second kappa shape index (κ2) is 12.8. The minimum Gasteiger partial charge on any atom is -0.464 e. The standard InChI is InChI=1S/C28H38O6P2/c1-9-22(10-2)15-34-25(29)28(35(32)26(30)23-18(5)11-16(3)12-19(23)6)36(33)27(31)24-20(7)13-17(4)14-21(24)8/h11-14,22,28,35-36H,9-10,15H2,1-8H3. The summed E-state index contributed by atoms with van der Waals surface area (Å²) in [5.74, 6) is -0.921. The van der Waals surface area contributed by atoms with Crippen LogP contribution in [0.25, 0.3) is 0 Å². The Hall–Kier alpha value is -2.29. The molecular formula is C28H38O6P2. The van der Waals surface area contributed by atoms with Crippen molar-refractivity contribution < 1.29 is 28.3 Å². The van der Waals surface area contributed by atoms with Gasteiger partial charge in [0.25, 0.3) is 0 Å². The highest BCUT2D eigenvalue weighted by Gasteiger charge is 2.41. The van der Waals surface area contributed by atoms with Crippen LogP contribution in [0.5, 0.6) is 0 Å². The molecular weight excluding hydrogens is 494 g/mol. The van der Waals surface area contributed by atoms with Gasteiger partial charge in [0, 0.05) is 11.1 Å². The highest BCUT2D eigenvalue weighted by molar-refractivity contribution is 7.82. The monoisotopic (exact) mass is 532 g/mol. The maximum Gasteiger partial charge on any atom is 0.324 e. The van der Waals surface area contributed by atoms with Crippen LogP contribution in [-0.4, -0.2) is 29.0 Å². The number of carbonyl (C=O) groups is 3. The summed E-state index contributed by atoms with van der Waals surface area (Å²) in [5, 5.41) is -1.78. The van der Waals surface area contributed by atoms with Gasteiger partial charge < -0.3 is 13.9 Å². The molecule has 2 atom stereocenters. The van der Waals surface area contributed by atoms with Crippen molar-refractivity contribution in [3.63, 3.8) is 0 Å². The molecule has 0 spiro atoms. The molecule has 0 saturated carbocycles. The molecule has 6 nitrogen and oxygen atoms in total. The van der Waals surface area contributed by atoms with Gasteiger partial charge in [0.05, 0.1) is 6.61 Å². The van der Waals surface area contributed by atoms with Gasteiger partial charge in [-0.3, -0.25) is 14.4 Å². The Labute approximate surface area is 215 Å². The second-order valence-corrected chi connectivity index (χ2v) is 13.8. The molecule has 0 N–H and O–H groups in total. The molecule has 0 aliphatic rings. The van der Waals surface area contributed by atoms with E-state index in [9.17, 15) is 23.5 Å². The third kappa shape index (κ3) is 6.72. The quantitative estimate of drug-likeness (QED) is 0.230. The average Bonchev–Trinajstić information content (AvgIpc) is 2.78. The molecule has 0 aliphatic carbocycles. The Bertz CT molecular complexity index is 1100. The molecule has 2 aromatic rings. The number of carbonyl (C=O) groups excluding carboxylic acids is 3. The minimum absolute atomic E-state index is 0.0557. The van der Waals surface area contributed by atoms with Crippen molar-refractivity contribution in [2.24, 2.45) is 5.92 Å². The van der Waals surface area contributed by atoms with Crippen LogP contribution in [0.4, 0.5) is 0 Å². The van der Waals surface area contributed by atoms with Crippen LogP contribution in [0.3, 0.4) is 0 Å². The molecule has 0 bridgehead atoms. The summed E-state index contributed by atoms with van der Waals surface area (Å²) in [5.41, 5.74) is 3.36. The summed E-state index contributed by atoms with van der Waals surface area (Å²) in [6, 6.07) is 7.18. The number of aryl methyl sites for hydroxylation is 6. The maximum atomic E-state index is 13.7. The predicted molar refractivity (Wildman–Crippen MR) is 147 cm³/mol. The first kappa shape index (κ1) is 29.9. The number of esters is 1. The third-order valence-corrected chi connectivity index (χ3v) is 11.1. The summed E-state index contributed by atoms with van der Waals surface area (Å²) in [6.07, 6.45) is 1.53. The van der Waals surface area contributed by atoms with Crippen LogP contribution in [-0.2, 0) is 18.7 Å². The second-order valence-electron chi connectivity index (χ2n) is 9.68. The van der Waals surface area contributed by atoms with Crippen molar-refractivity contribution in [2.45, 2.75) is 73.6 Å². The Balaban J connectivity index is 2.54. The Morgan fingerprint density at radius 2 is 1.03 bits per heavy atom. The molecule has 8 heteroatoms. The molecule has 36 heavy (non-hydrogen) atoms. The van der Waals surface area contributed by atoms with Gasteiger partial charge in [-0.25, -0.2) is 0 Å². The summed E-state index contributed by atoms with van der Waals surface area (Å²) in [4.78, 5) is 40.1. The van der Waals surface area contributed by atoms with Crippen LogP contribution in [0.15, 0.2) is 24.3 Å². The van der Waals surface area contributed by atoms with Crippen LogP contribution < -0.4 is 0 Å². The van der Waals surface area contributed by atoms with Gasteiger partial charge in [0.2, 0.25) is 11.0 Å². The van der Waals surface area contributed by atoms with E-state index in [1.54, 1.807) is 52.0 Å². The van der Waals surface area contributed by atoms with E-state index in [-0.39, 0.29) is 23.7 Å². The van der Waals surface area contributed by atoms with Crippen molar-refractivity contribution in [3.8, 4) is 0 Å². The van der Waals surface area contributed by atoms with E-state index in [1.165, 1.54) is 0 Å². The average molecular weight is 533 g/mol. The van der Waals surface area contributed by atoms with E-state index in [0.717, 1.165) is 24.0 Å².